The van der Waals surface area contributed by atoms with Crippen LogP contribution in [0, 0.1) is 0 Å². The van der Waals surface area contributed by atoms with Crippen LogP contribution in [-0.4, -0.2) is 31.8 Å². The molecule has 1 aliphatic heterocycles. The van der Waals surface area contributed by atoms with E-state index in [1.165, 1.54) is 4.31 Å². The molecule has 3 N–H and O–H groups in total. The standard InChI is InChI=1S/C12H16N2O4S/c13-10-4-1-3-9-6-7-14(12(9)10)19(17,18)8-2-5-11(15)16/h1,3-4H,2,5-8,13H2,(H,15,16). The van der Waals surface area contributed by atoms with Crippen molar-refractivity contribution in [1.82, 2.24) is 0 Å². The van der Waals surface area contributed by atoms with Gasteiger partial charge < -0.3 is 10.8 Å². The molecule has 0 atom stereocenters. The molecule has 1 aliphatic rings. The maximum atomic E-state index is 12.2. The fourth-order valence-electron chi connectivity index (χ4n) is 2.25. The van der Waals surface area contributed by atoms with Crippen LogP contribution in [0.15, 0.2) is 18.2 Å². The van der Waals surface area contributed by atoms with Crippen molar-refractivity contribution in [3.8, 4) is 0 Å². The average Bonchev–Trinajstić information content (AvgIpc) is 2.74. The number of para-hydroxylation sites is 1. The minimum Gasteiger partial charge on any atom is -0.481 e. The molecule has 19 heavy (non-hydrogen) atoms. The molecule has 1 aromatic carbocycles. The minimum atomic E-state index is -3.50. The molecule has 0 saturated carbocycles. The lowest BCUT2D eigenvalue weighted by Gasteiger charge is -2.20. The monoisotopic (exact) mass is 284 g/mol. The summed E-state index contributed by atoms with van der Waals surface area (Å²) in [5.74, 6) is -1.16. The smallest absolute Gasteiger partial charge is 0.303 e. The molecule has 104 valence electrons. The SMILES string of the molecule is Nc1cccc2c1N(S(=O)(=O)CCCC(=O)O)CC2. The van der Waals surface area contributed by atoms with Gasteiger partial charge in [-0.05, 0) is 24.5 Å². The van der Waals surface area contributed by atoms with Gasteiger partial charge >= 0.3 is 5.97 Å². The van der Waals surface area contributed by atoms with Crippen LogP contribution in [0.2, 0.25) is 0 Å². The van der Waals surface area contributed by atoms with E-state index in [-0.39, 0.29) is 18.6 Å². The Morgan fingerprint density at radius 1 is 1.42 bits per heavy atom. The molecule has 0 saturated heterocycles. The summed E-state index contributed by atoms with van der Waals surface area (Å²) in [5.41, 5.74) is 7.75. The molecule has 1 heterocycles. The summed E-state index contributed by atoms with van der Waals surface area (Å²) < 4.78 is 25.7. The minimum absolute atomic E-state index is 0.107. The number of sulfonamides is 1. The molecule has 0 aliphatic carbocycles. The normalized spacial score (nSPS) is 14.4. The lowest BCUT2D eigenvalue weighted by molar-refractivity contribution is -0.137. The van der Waals surface area contributed by atoms with Crippen molar-refractivity contribution in [3.63, 3.8) is 0 Å². The number of aliphatic carboxylic acids is 1. The summed E-state index contributed by atoms with van der Waals surface area (Å²) >= 11 is 0. The van der Waals surface area contributed by atoms with E-state index in [1.807, 2.05) is 6.07 Å². The molecule has 1 aromatic rings. The summed E-state index contributed by atoms with van der Waals surface area (Å²) in [7, 11) is -3.50. The van der Waals surface area contributed by atoms with Crippen molar-refractivity contribution in [2.45, 2.75) is 19.3 Å². The number of hydrogen-bond acceptors (Lipinski definition) is 4. The number of carboxylic acid groups (broad SMARTS) is 1. The molecular weight excluding hydrogens is 268 g/mol. The van der Waals surface area contributed by atoms with E-state index in [2.05, 4.69) is 0 Å². The van der Waals surface area contributed by atoms with E-state index in [1.54, 1.807) is 12.1 Å². The average molecular weight is 284 g/mol. The van der Waals surface area contributed by atoms with Crippen molar-refractivity contribution in [2.24, 2.45) is 0 Å². The van der Waals surface area contributed by atoms with Gasteiger partial charge in [0.25, 0.3) is 0 Å². The number of fused-ring (bicyclic) bond motifs is 1. The van der Waals surface area contributed by atoms with Crippen molar-refractivity contribution >= 4 is 27.4 Å². The van der Waals surface area contributed by atoms with Gasteiger partial charge in [0.2, 0.25) is 10.0 Å². The fourth-order valence-corrected chi connectivity index (χ4v) is 3.84. The summed E-state index contributed by atoms with van der Waals surface area (Å²) in [6, 6.07) is 5.33. The van der Waals surface area contributed by atoms with Gasteiger partial charge in [0.1, 0.15) is 0 Å². The first-order valence-electron chi connectivity index (χ1n) is 6.01. The number of nitrogens with zero attached hydrogens (tertiary/aromatic N) is 1. The Bertz CT molecular complexity index is 598. The van der Waals surface area contributed by atoms with Crippen LogP contribution in [0.4, 0.5) is 11.4 Å². The molecule has 0 fully saturated rings. The van der Waals surface area contributed by atoms with Gasteiger partial charge in [-0.25, -0.2) is 8.42 Å². The van der Waals surface area contributed by atoms with Crippen LogP contribution < -0.4 is 10.0 Å². The second-order valence-electron chi connectivity index (χ2n) is 4.49. The topological polar surface area (TPSA) is 101 Å². The molecule has 6 nitrogen and oxygen atoms in total. The Morgan fingerprint density at radius 2 is 2.16 bits per heavy atom. The Morgan fingerprint density at radius 3 is 2.84 bits per heavy atom. The zero-order valence-corrected chi connectivity index (χ0v) is 11.2. The van der Waals surface area contributed by atoms with Crippen LogP contribution >= 0.6 is 0 Å². The van der Waals surface area contributed by atoms with Gasteiger partial charge in [0.05, 0.1) is 17.1 Å². The van der Waals surface area contributed by atoms with Gasteiger partial charge in [0.15, 0.2) is 0 Å². The number of rotatable bonds is 5. The number of carbonyl (C=O) groups is 1. The Hall–Kier alpha value is -1.76. The van der Waals surface area contributed by atoms with Crippen molar-refractivity contribution in [1.29, 1.82) is 0 Å². The van der Waals surface area contributed by atoms with Crippen LogP contribution in [0.3, 0.4) is 0 Å². The summed E-state index contributed by atoms with van der Waals surface area (Å²) in [4.78, 5) is 10.4. The number of nitrogens with two attached hydrogens (primary N) is 1. The largest absolute Gasteiger partial charge is 0.481 e. The molecular formula is C12H16N2O4S. The molecule has 0 amide bonds. The third-order valence-electron chi connectivity index (χ3n) is 3.11. The first-order valence-corrected chi connectivity index (χ1v) is 7.62. The highest BCUT2D eigenvalue weighted by atomic mass is 32.2. The molecule has 0 bridgehead atoms. The zero-order chi connectivity index (χ0) is 14.0. The van der Waals surface area contributed by atoms with Gasteiger partial charge in [-0.3, -0.25) is 9.10 Å². The van der Waals surface area contributed by atoms with E-state index < -0.39 is 16.0 Å². The van der Waals surface area contributed by atoms with Crippen LogP contribution in [0.25, 0.3) is 0 Å². The predicted octanol–water partition coefficient (Wildman–Crippen LogP) is 0.826. The third-order valence-corrected chi connectivity index (χ3v) is 4.95. The van der Waals surface area contributed by atoms with Crippen LogP contribution in [-0.2, 0) is 21.2 Å². The maximum Gasteiger partial charge on any atom is 0.303 e. The van der Waals surface area contributed by atoms with Gasteiger partial charge in [-0.1, -0.05) is 12.1 Å². The highest BCUT2D eigenvalue weighted by molar-refractivity contribution is 7.92. The molecule has 0 aromatic heterocycles. The number of carboxylic acids is 1. The lowest BCUT2D eigenvalue weighted by Crippen LogP contribution is -2.32. The summed E-state index contributed by atoms with van der Waals surface area (Å²) in [5, 5.41) is 8.55. The summed E-state index contributed by atoms with van der Waals surface area (Å²) in [6.45, 7) is 0.374. The van der Waals surface area contributed by atoms with E-state index in [0.717, 1.165) is 5.56 Å². The predicted molar refractivity (Wildman–Crippen MR) is 72.6 cm³/mol. The van der Waals surface area contributed by atoms with Crippen molar-refractivity contribution in [3.05, 3.63) is 23.8 Å². The highest BCUT2D eigenvalue weighted by Gasteiger charge is 2.30. The van der Waals surface area contributed by atoms with E-state index in [0.29, 0.717) is 24.3 Å². The van der Waals surface area contributed by atoms with Crippen molar-refractivity contribution in [2.75, 3.05) is 22.3 Å². The number of benzene rings is 1. The quantitative estimate of drug-likeness (QED) is 0.780. The number of hydrogen-bond donors (Lipinski definition) is 2. The molecule has 7 heteroatoms. The zero-order valence-electron chi connectivity index (χ0n) is 10.4. The lowest BCUT2D eigenvalue weighted by atomic mass is 10.1. The van der Waals surface area contributed by atoms with Crippen molar-refractivity contribution < 1.29 is 18.3 Å². The molecule has 0 unspecified atom stereocenters. The fraction of sp³-hybridized carbons (Fsp3) is 0.417. The van der Waals surface area contributed by atoms with Crippen LogP contribution in [0.5, 0.6) is 0 Å². The first kappa shape index (κ1) is 13.7. The van der Waals surface area contributed by atoms with Gasteiger partial charge in [-0.2, -0.15) is 0 Å². The second-order valence-corrected chi connectivity index (χ2v) is 6.50. The Balaban J connectivity index is 2.18. The Kier molecular flexibility index (Phi) is 3.66. The molecule has 0 spiro atoms. The summed E-state index contributed by atoms with van der Waals surface area (Å²) in [6.07, 6.45) is 0.596. The van der Waals surface area contributed by atoms with E-state index in [4.69, 9.17) is 10.8 Å². The first-order chi connectivity index (χ1) is 8.92. The maximum absolute atomic E-state index is 12.2. The second kappa shape index (κ2) is 5.08. The third kappa shape index (κ3) is 2.81. The number of anilines is 2. The highest BCUT2D eigenvalue weighted by Crippen LogP contribution is 2.35. The van der Waals surface area contributed by atoms with E-state index >= 15 is 0 Å². The van der Waals surface area contributed by atoms with E-state index in [9.17, 15) is 13.2 Å². The molecule has 0 radical (unpaired) electrons. The van der Waals surface area contributed by atoms with Gasteiger partial charge in [-0.15, -0.1) is 0 Å². The molecule has 2 rings (SSSR count). The number of nitrogen functional groups attached to an aromatic ring is 1. The van der Waals surface area contributed by atoms with Crippen LogP contribution in [0.1, 0.15) is 18.4 Å². The Labute approximate surface area is 111 Å². The van der Waals surface area contributed by atoms with Gasteiger partial charge in [0, 0.05) is 13.0 Å².